The second-order valence-corrected chi connectivity index (χ2v) is 9.00. The summed E-state index contributed by atoms with van der Waals surface area (Å²) >= 11 is 1.27. The number of benzene rings is 1. The highest BCUT2D eigenvalue weighted by molar-refractivity contribution is 7.21. The number of anilines is 1. The Bertz CT molecular complexity index is 1150. The molecule has 5 rings (SSSR count). The van der Waals surface area contributed by atoms with E-state index in [1.165, 1.54) is 17.4 Å². The van der Waals surface area contributed by atoms with Crippen LogP contribution in [0, 0.1) is 0 Å². The van der Waals surface area contributed by atoms with Crippen LogP contribution in [0.25, 0.3) is 15.9 Å². The van der Waals surface area contributed by atoms with Crippen molar-refractivity contribution in [2.24, 2.45) is 0 Å². The number of hydrogen-bond acceptors (Lipinski definition) is 6. The Balaban J connectivity index is 1.41. The Morgan fingerprint density at radius 3 is 2.74 bits per heavy atom. The quantitative estimate of drug-likeness (QED) is 0.673. The number of aromatic nitrogens is 1. The zero-order chi connectivity index (χ0) is 21.4. The van der Waals surface area contributed by atoms with E-state index in [4.69, 9.17) is 15.2 Å². The number of likely N-dealkylation sites (tertiary alicyclic amines) is 1. The Labute approximate surface area is 184 Å². The van der Waals surface area contributed by atoms with Gasteiger partial charge in [-0.3, -0.25) is 14.2 Å². The summed E-state index contributed by atoms with van der Waals surface area (Å²) in [5.74, 6) is -0.110. The number of pyridine rings is 1. The van der Waals surface area contributed by atoms with Gasteiger partial charge in [0, 0.05) is 31.1 Å². The molecule has 1 aromatic carbocycles. The largest absolute Gasteiger partial charge is 0.397 e. The number of amides is 1. The molecular weight excluding hydrogens is 414 g/mol. The fourth-order valence-electron chi connectivity index (χ4n) is 4.28. The van der Waals surface area contributed by atoms with Crippen molar-refractivity contribution in [3.05, 3.63) is 57.7 Å². The monoisotopic (exact) mass is 439 g/mol. The van der Waals surface area contributed by atoms with Crippen LogP contribution in [-0.4, -0.2) is 47.5 Å². The second kappa shape index (κ2) is 8.45. The molecule has 8 heteroatoms. The molecule has 2 fully saturated rings. The normalized spacial score (nSPS) is 21.6. The summed E-state index contributed by atoms with van der Waals surface area (Å²) in [4.78, 5) is 28.9. The first-order chi connectivity index (χ1) is 15.1. The van der Waals surface area contributed by atoms with Gasteiger partial charge in [-0.2, -0.15) is 0 Å². The SMILES string of the molecule is Nc1c(C(=O)N2CCC(OC3CCCCO3)C2)sc2c1ccc(=O)n2-c1ccccc1. The van der Waals surface area contributed by atoms with E-state index in [1.54, 1.807) is 15.5 Å². The molecule has 162 valence electrons. The highest BCUT2D eigenvalue weighted by Crippen LogP contribution is 2.35. The number of carbonyl (C=O) groups is 1. The van der Waals surface area contributed by atoms with Gasteiger partial charge >= 0.3 is 0 Å². The summed E-state index contributed by atoms with van der Waals surface area (Å²) in [5.41, 5.74) is 7.41. The summed E-state index contributed by atoms with van der Waals surface area (Å²) in [6.07, 6.45) is 3.69. The first kappa shape index (κ1) is 20.2. The van der Waals surface area contributed by atoms with Crippen LogP contribution in [0.15, 0.2) is 47.3 Å². The Morgan fingerprint density at radius 2 is 1.97 bits per heavy atom. The Kier molecular flexibility index (Phi) is 5.52. The molecule has 2 atom stereocenters. The predicted molar refractivity (Wildman–Crippen MR) is 121 cm³/mol. The standard InChI is InChI=1S/C23H25N3O4S/c24-20-17-9-10-18(27)26(15-6-2-1-3-7-15)23(17)31-21(20)22(28)25-12-11-16(14-25)30-19-8-4-5-13-29-19/h1-3,6-7,9-10,16,19H,4-5,8,11-14,24H2. The Morgan fingerprint density at radius 1 is 1.13 bits per heavy atom. The zero-order valence-corrected chi connectivity index (χ0v) is 18.0. The van der Waals surface area contributed by atoms with E-state index < -0.39 is 0 Å². The number of para-hydroxylation sites is 1. The van der Waals surface area contributed by atoms with Crippen LogP contribution in [0.5, 0.6) is 0 Å². The number of thiophene rings is 1. The van der Waals surface area contributed by atoms with E-state index >= 15 is 0 Å². The molecule has 2 N–H and O–H groups in total. The first-order valence-electron chi connectivity index (χ1n) is 10.7. The van der Waals surface area contributed by atoms with E-state index in [9.17, 15) is 9.59 Å². The number of nitrogens with two attached hydrogens (primary N) is 1. The number of hydrogen-bond donors (Lipinski definition) is 1. The lowest BCUT2D eigenvalue weighted by Gasteiger charge is -2.26. The van der Waals surface area contributed by atoms with Crippen LogP contribution >= 0.6 is 11.3 Å². The van der Waals surface area contributed by atoms with Gasteiger partial charge in [-0.1, -0.05) is 18.2 Å². The highest BCUT2D eigenvalue weighted by Gasteiger charge is 2.32. The van der Waals surface area contributed by atoms with Crippen molar-refractivity contribution in [1.29, 1.82) is 0 Å². The summed E-state index contributed by atoms with van der Waals surface area (Å²) in [6.45, 7) is 1.88. The smallest absolute Gasteiger partial charge is 0.266 e. The van der Waals surface area contributed by atoms with Crippen molar-refractivity contribution >= 4 is 33.1 Å². The molecule has 0 radical (unpaired) electrons. The number of nitrogens with zero attached hydrogens (tertiary/aromatic N) is 2. The van der Waals surface area contributed by atoms with Crippen molar-refractivity contribution in [3.63, 3.8) is 0 Å². The number of ether oxygens (including phenoxy) is 2. The van der Waals surface area contributed by atoms with Gasteiger partial charge in [0.25, 0.3) is 11.5 Å². The van der Waals surface area contributed by atoms with Crippen molar-refractivity contribution in [2.45, 2.75) is 38.1 Å². The van der Waals surface area contributed by atoms with Crippen LogP contribution in [-0.2, 0) is 9.47 Å². The lowest BCUT2D eigenvalue weighted by Crippen LogP contribution is -2.32. The van der Waals surface area contributed by atoms with Crippen molar-refractivity contribution < 1.29 is 14.3 Å². The summed E-state index contributed by atoms with van der Waals surface area (Å²) in [6, 6.07) is 12.6. The van der Waals surface area contributed by atoms with Gasteiger partial charge in [0.05, 0.1) is 17.5 Å². The molecule has 2 aromatic heterocycles. The van der Waals surface area contributed by atoms with Crippen molar-refractivity contribution in [2.75, 3.05) is 25.4 Å². The van der Waals surface area contributed by atoms with Crippen LogP contribution in [0.3, 0.4) is 0 Å². The Hall–Kier alpha value is -2.68. The molecular formula is C23H25N3O4S. The minimum Gasteiger partial charge on any atom is -0.397 e. The maximum absolute atomic E-state index is 13.3. The summed E-state index contributed by atoms with van der Waals surface area (Å²) in [5, 5.41) is 0.722. The molecule has 0 bridgehead atoms. The second-order valence-electron chi connectivity index (χ2n) is 8.00. The fraction of sp³-hybridized carbons (Fsp3) is 0.391. The summed E-state index contributed by atoms with van der Waals surface area (Å²) < 4.78 is 13.3. The first-order valence-corrected chi connectivity index (χ1v) is 11.5. The predicted octanol–water partition coefficient (Wildman–Crippen LogP) is 3.39. The van der Waals surface area contributed by atoms with Gasteiger partial charge in [0.1, 0.15) is 9.71 Å². The molecule has 4 heterocycles. The topological polar surface area (TPSA) is 86.8 Å². The van der Waals surface area contributed by atoms with Crippen LogP contribution < -0.4 is 11.3 Å². The van der Waals surface area contributed by atoms with Gasteiger partial charge in [-0.05, 0) is 43.9 Å². The van der Waals surface area contributed by atoms with Gasteiger partial charge in [0.15, 0.2) is 6.29 Å². The zero-order valence-electron chi connectivity index (χ0n) is 17.2. The van der Waals surface area contributed by atoms with E-state index in [2.05, 4.69) is 0 Å². The van der Waals surface area contributed by atoms with Crippen molar-refractivity contribution in [1.82, 2.24) is 9.47 Å². The number of rotatable bonds is 4. The minimum atomic E-state index is -0.163. The third-order valence-electron chi connectivity index (χ3n) is 5.90. The van der Waals surface area contributed by atoms with E-state index in [1.807, 2.05) is 30.3 Å². The molecule has 7 nitrogen and oxygen atoms in total. The molecule has 0 saturated carbocycles. The minimum absolute atomic E-state index is 0.0230. The molecule has 31 heavy (non-hydrogen) atoms. The average molecular weight is 440 g/mol. The molecule has 2 aliphatic heterocycles. The van der Waals surface area contributed by atoms with Gasteiger partial charge in [0.2, 0.25) is 0 Å². The lowest BCUT2D eigenvalue weighted by atomic mass is 10.2. The number of fused-ring (bicyclic) bond motifs is 1. The molecule has 0 spiro atoms. The van der Waals surface area contributed by atoms with Gasteiger partial charge in [-0.25, -0.2) is 0 Å². The van der Waals surface area contributed by atoms with Crippen LogP contribution in [0.2, 0.25) is 0 Å². The average Bonchev–Trinajstić information content (AvgIpc) is 3.39. The van der Waals surface area contributed by atoms with Crippen molar-refractivity contribution in [3.8, 4) is 5.69 Å². The molecule has 1 amide bonds. The summed E-state index contributed by atoms with van der Waals surface area (Å²) in [7, 11) is 0. The number of carbonyl (C=O) groups excluding carboxylic acids is 1. The maximum atomic E-state index is 13.3. The molecule has 2 unspecified atom stereocenters. The van der Waals surface area contributed by atoms with E-state index in [0.29, 0.717) is 28.5 Å². The maximum Gasteiger partial charge on any atom is 0.266 e. The van der Waals surface area contributed by atoms with Crippen LogP contribution in [0.1, 0.15) is 35.4 Å². The molecule has 0 aliphatic carbocycles. The third-order valence-corrected chi connectivity index (χ3v) is 7.10. The van der Waals surface area contributed by atoms with Crippen LogP contribution in [0.4, 0.5) is 5.69 Å². The van der Waals surface area contributed by atoms with E-state index in [-0.39, 0.29) is 23.9 Å². The molecule has 2 aliphatic rings. The highest BCUT2D eigenvalue weighted by atomic mass is 32.1. The molecule has 2 saturated heterocycles. The van der Waals surface area contributed by atoms with Gasteiger partial charge in [-0.15, -0.1) is 11.3 Å². The van der Waals surface area contributed by atoms with Gasteiger partial charge < -0.3 is 20.1 Å². The lowest BCUT2D eigenvalue weighted by molar-refractivity contribution is -0.184. The third kappa shape index (κ3) is 3.86. The fourth-order valence-corrected chi connectivity index (χ4v) is 5.49. The molecule has 3 aromatic rings. The number of nitrogen functional groups attached to an aromatic ring is 1. The van der Waals surface area contributed by atoms with E-state index in [0.717, 1.165) is 43.4 Å².